The lowest BCUT2D eigenvalue weighted by atomic mass is 10.2. The lowest BCUT2D eigenvalue weighted by molar-refractivity contribution is -0.117. The van der Waals surface area contributed by atoms with Crippen LogP contribution in [0.25, 0.3) is 0 Å². The van der Waals surface area contributed by atoms with Gasteiger partial charge in [0.2, 0.25) is 5.91 Å². The molecule has 3 rings (SSSR count). The van der Waals surface area contributed by atoms with Crippen LogP contribution in [0.4, 0.5) is 10.5 Å². The number of nitrogens with one attached hydrogen (secondary N) is 1. The maximum atomic E-state index is 12.3. The lowest BCUT2D eigenvalue weighted by Crippen LogP contribution is -2.36. The number of hydrogen-bond donors (Lipinski definition) is 1. The minimum atomic E-state index is -0.142. The molecule has 3 amide bonds. The van der Waals surface area contributed by atoms with Crippen molar-refractivity contribution < 1.29 is 14.3 Å². The average Bonchev–Trinajstić information content (AvgIpc) is 3.12. The number of rotatable bonds is 6. The quantitative estimate of drug-likeness (QED) is 0.853. The van der Waals surface area contributed by atoms with Crippen molar-refractivity contribution in [2.24, 2.45) is 0 Å². The van der Waals surface area contributed by atoms with E-state index in [1.54, 1.807) is 19.1 Å². The number of nitrogens with zero attached hydrogens (tertiary/aromatic N) is 2. The number of amides is 3. The van der Waals surface area contributed by atoms with E-state index < -0.39 is 0 Å². The zero-order valence-corrected chi connectivity index (χ0v) is 15.8. The number of hydrogen-bond acceptors (Lipinski definition) is 3. The zero-order chi connectivity index (χ0) is 19.2. The number of ether oxygens (including phenoxy) is 1. The van der Waals surface area contributed by atoms with E-state index >= 15 is 0 Å². The summed E-state index contributed by atoms with van der Waals surface area (Å²) in [5, 5.41) is 2.92. The van der Waals surface area contributed by atoms with Gasteiger partial charge < -0.3 is 19.9 Å². The number of carbonyl (C=O) groups excluding carboxylic acids is 2. The Kier molecular flexibility index (Phi) is 5.96. The van der Waals surface area contributed by atoms with Crippen LogP contribution in [0.15, 0.2) is 48.5 Å². The molecule has 0 saturated carbocycles. The number of urea groups is 1. The van der Waals surface area contributed by atoms with Crippen LogP contribution in [0.5, 0.6) is 5.75 Å². The van der Waals surface area contributed by atoms with Gasteiger partial charge in [-0.15, -0.1) is 0 Å². The SMILES string of the molecule is COc1cccc(CN(C)C(=O)NCc2ccc(N3CCCC3=O)cc2)c1. The molecule has 0 spiro atoms. The van der Waals surface area contributed by atoms with Crippen molar-refractivity contribution in [3.63, 3.8) is 0 Å². The molecule has 1 aliphatic heterocycles. The van der Waals surface area contributed by atoms with Gasteiger partial charge in [0.1, 0.15) is 5.75 Å². The van der Waals surface area contributed by atoms with Crippen LogP contribution in [-0.4, -0.2) is 37.5 Å². The van der Waals surface area contributed by atoms with Crippen molar-refractivity contribution >= 4 is 17.6 Å². The summed E-state index contributed by atoms with van der Waals surface area (Å²) in [4.78, 5) is 27.6. The van der Waals surface area contributed by atoms with Gasteiger partial charge in [0.05, 0.1) is 7.11 Å². The molecule has 0 radical (unpaired) electrons. The highest BCUT2D eigenvalue weighted by Gasteiger charge is 2.21. The fraction of sp³-hybridized carbons (Fsp3) is 0.333. The molecule has 0 unspecified atom stereocenters. The van der Waals surface area contributed by atoms with Gasteiger partial charge in [-0.1, -0.05) is 24.3 Å². The first kappa shape index (κ1) is 18.8. The van der Waals surface area contributed by atoms with Crippen LogP contribution < -0.4 is 15.0 Å². The van der Waals surface area contributed by atoms with Crippen molar-refractivity contribution in [3.05, 3.63) is 59.7 Å². The van der Waals surface area contributed by atoms with Crippen LogP contribution in [0.3, 0.4) is 0 Å². The van der Waals surface area contributed by atoms with Gasteiger partial charge in [-0.2, -0.15) is 0 Å². The van der Waals surface area contributed by atoms with E-state index in [0.29, 0.717) is 19.5 Å². The van der Waals surface area contributed by atoms with Crippen LogP contribution in [0.2, 0.25) is 0 Å². The van der Waals surface area contributed by atoms with E-state index in [1.807, 2.05) is 53.4 Å². The van der Waals surface area contributed by atoms with Crippen molar-refractivity contribution in [1.82, 2.24) is 10.2 Å². The Morgan fingerprint density at radius 2 is 1.96 bits per heavy atom. The van der Waals surface area contributed by atoms with Crippen molar-refractivity contribution in [2.45, 2.75) is 25.9 Å². The van der Waals surface area contributed by atoms with E-state index in [2.05, 4.69) is 5.32 Å². The zero-order valence-electron chi connectivity index (χ0n) is 15.8. The highest BCUT2D eigenvalue weighted by atomic mass is 16.5. The third kappa shape index (κ3) is 4.78. The number of methoxy groups -OCH3 is 1. The second kappa shape index (κ2) is 8.58. The lowest BCUT2D eigenvalue weighted by Gasteiger charge is -2.19. The highest BCUT2D eigenvalue weighted by Crippen LogP contribution is 2.21. The smallest absolute Gasteiger partial charge is 0.317 e. The van der Waals surface area contributed by atoms with Crippen molar-refractivity contribution in [2.75, 3.05) is 25.6 Å². The summed E-state index contributed by atoms with van der Waals surface area (Å²) in [6.45, 7) is 1.72. The Morgan fingerprint density at radius 1 is 1.19 bits per heavy atom. The average molecular weight is 367 g/mol. The molecule has 1 saturated heterocycles. The molecule has 0 aromatic heterocycles. The van der Waals surface area contributed by atoms with E-state index in [1.165, 1.54) is 0 Å². The maximum absolute atomic E-state index is 12.3. The fourth-order valence-corrected chi connectivity index (χ4v) is 3.14. The van der Waals surface area contributed by atoms with Gasteiger partial charge in [-0.25, -0.2) is 4.79 Å². The molecular formula is C21H25N3O3. The topological polar surface area (TPSA) is 61.9 Å². The summed E-state index contributed by atoms with van der Waals surface area (Å²) >= 11 is 0. The molecule has 6 nitrogen and oxygen atoms in total. The predicted molar refractivity (Wildman–Crippen MR) is 105 cm³/mol. The fourth-order valence-electron chi connectivity index (χ4n) is 3.14. The van der Waals surface area contributed by atoms with E-state index in [9.17, 15) is 9.59 Å². The van der Waals surface area contributed by atoms with E-state index in [-0.39, 0.29) is 11.9 Å². The molecule has 0 atom stereocenters. The van der Waals surface area contributed by atoms with Gasteiger partial charge in [0.25, 0.3) is 0 Å². The Labute approximate surface area is 159 Å². The van der Waals surface area contributed by atoms with Gasteiger partial charge in [0, 0.05) is 38.8 Å². The maximum Gasteiger partial charge on any atom is 0.317 e. The normalized spacial score (nSPS) is 13.6. The first-order valence-electron chi connectivity index (χ1n) is 9.08. The second-order valence-electron chi connectivity index (χ2n) is 6.68. The summed E-state index contributed by atoms with van der Waals surface area (Å²) in [6.07, 6.45) is 1.54. The van der Waals surface area contributed by atoms with Crippen LogP contribution in [0.1, 0.15) is 24.0 Å². The van der Waals surface area contributed by atoms with Gasteiger partial charge in [-0.05, 0) is 41.8 Å². The number of carbonyl (C=O) groups is 2. The van der Waals surface area contributed by atoms with Crippen LogP contribution in [0, 0.1) is 0 Å². The molecule has 1 fully saturated rings. The van der Waals surface area contributed by atoms with Crippen molar-refractivity contribution in [3.8, 4) is 5.75 Å². The summed E-state index contributed by atoms with van der Waals surface area (Å²) in [7, 11) is 3.39. The molecule has 0 bridgehead atoms. The third-order valence-corrected chi connectivity index (χ3v) is 4.67. The summed E-state index contributed by atoms with van der Waals surface area (Å²) in [5.74, 6) is 0.952. The molecule has 142 valence electrons. The predicted octanol–water partition coefficient (Wildman–Crippen LogP) is 3.16. The molecular weight excluding hydrogens is 342 g/mol. The second-order valence-corrected chi connectivity index (χ2v) is 6.68. The summed E-state index contributed by atoms with van der Waals surface area (Å²) in [6, 6.07) is 15.3. The molecule has 2 aromatic rings. The van der Waals surface area contributed by atoms with Crippen LogP contribution >= 0.6 is 0 Å². The largest absolute Gasteiger partial charge is 0.497 e. The molecule has 1 heterocycles. The molecule has 1 N–H and O–H groups in total. The van der Waals surface area contributed by atoms with Crippen molar-refractivity contribution in [1.29, 1.82) is 0 Å². The molecule has 2 aromatic carbocycles. The molecule has 1 aliphatic rings. The molecule has 6 heteroatoms. The van der Waals surface area contributed by atoms with E-state index in [4.69, 9.17) is 4.74 Å². The van der Waals surface area contributed by atoms with Gasteiger partial charge in [0.15, 0.2) is 0 Å². The monoisotopic (exact) mass is 367 g/mol. The Balaban J connectivity index is 1.51. The Hall–Kier alpha value is -3.02. The number of benzene rings is 2. The minimum absolute atomic E-state index is 0.142. The molecule has 27 heavy (non-hydrogen) atoms. The third-order valence-electron chi connectivity index (χ3n) is 4.67. The minimum Gasteiger partial charge on any atom is -0.497 e. The van der Waals surface area contributed by atoms with Gasteiger partial charge >= 0.3 is 6.03 Å². The van der Waals surface area contributed by atoms with Gasteiger partial charge in [-0.3, -0.25) is 4.79 Å². The highest BCUT2D eigenvalue weighted by molar-refractivity contribution is 5.95. The molecule has 0 aliphatic carbocycles. The Morgan fingerprint density at radius 3 is 2.63 bits per heavy atom. The summed E-state index contributed by atoms with van der Waals surface area (Å²) in [5.41, 5.74) is 2.92. The first-order chi connectivity index (χ1) is 13.1. The summed E-state index contributed by atoms with van der Waals surface area (Å²) < 4.78 is 5.21. The van der Waals surface area contributed by atoms with E-state index in [0.717, 1.165) is 35.5 Å². The standard InChI is InChI=1S/C21H25N3O3/c1-23(15-17-5-3-6-19(13-17)27-2)21(26)22-14-16-8-10-18(11-9-16)24-12-4-7-20(24)25/h3,5-6,8-11,13H,4,7,12,14-15H2,1-2H3,(H,22,26). The Bertz CT molecular complexity index is 805. The number of anilines is 1. The van der Waals surface area contributed by atoms with Crippen LogP contribution in [-0.2, 0) is 17.9 Å². The first-order valence-corrected chi connectivity index (χ1v) is 9.08.